The van der Waals surface area contributed by atoms with Gasteiger partial charge in [-0.05, 0) is 37.5 Å². The third-order valence-corrected chi connectivity index (χ3v) is 4.23. The van der Waals surface area contributed by atoms with Gasteiger partial charge in [-0.25, -0.2) is 4.39 Å². The van der Waals surface area contributed by atoms with Crippen LogP contribution in [0.15, 0.2) is 30.3 Å². The summed E-state index contributed by atoms with van der Waals surface area (Å²) in [4.78, 5) is 14.4. The minimum atomic E-state index is -0.380. The summed E-state index contributed by atoms with van der Waals surface area (Å²) in [6.07, 6.45) is 0.681. The van der Waals surface area contributed by atoms with E-state index in [1.54, 1.807) is 27.8 Å². The molecule has 6 heteroatoms. The van der Waals surface area contributed by atoms with Crippen molar-refractivity contribution >= 4 is 5.91 Å². The van der Waals surface area contributed by atoms with Crippen LogP contribution in [0.1, 0.15) is 37.0 Å². The van der Waals surface area contributed by atoms with Gasteiger partial charge >= 0.3 is 0 Å². The number of aryl methyl sites for hydroxylation is 1. The van der Waals surface area contributed by atoms with Crippen molar-refractivity contribution < 1.29 is 13.9 Å². The number of para-hydroxylation sites is 1. The van der Waals surface area contributed by atoms with Crippen LogP contribution in [0.5, 0.6) is 5.75 Å². The van der Waals surface area contributed by atoms with Crippen molar-refractivity contribution in [2.75, 3.05) is 13.1 Å². The molecule has 134 valence electrons. The zero-order valence-electron chi connectivity index (χ0n) is 14.9. The zero-order chi connectivity index (χ0) is 18.0. The number of amides is 1. The Bertz CT molecular complexity index is 751. The molecule has 0 radical (unpaired) electrons. The van der Waals surface area contributed by atoms with Gasteiger partial charge in [0.15, 0.2) is 11.6 Å². The van der Waals surface area contributed by atoms with Crippen LogP contribution in [0.4, 0.5) is 4.39 Å². The first-order valence-electron chi connectivity index (χ1n) is 8.75. The van der Waals surface area contributed by atoms with Gasteiger partial charge in [-0.3, -0.25) is 9.48 Å². The lowest BCUT2D eigenvalue weighted by molar-refractivity contribution is 0.0155. The molecule has 0 spiro atoms. The second kappa shape index (κ2) is 7.25. The molecule has 0 aliphatic carbocycles. The molecule has 2 heterocycles. The van der Waals surface area contributed by atoms with Crippen molar-refractivity contribution in [1.29, 1.82) is 0 Å². The van der Waals surface area contributed by atoms with Crippen molar-refractivity contribution in [1.82, 2.24) is 14.7 Å². The van der Waals surface area contributed by atoms with Gasteiger partial charge in [0.2, 0.25) is 0 Å². The lowest BCUT2D eigenvalue weighted by atomic mass is 10.1. The van der Waals surface area contributed by atoms with Crippen molar-refractivity contribution in [3.8, 4) is 5.75 Å². The van der Waals surface area contributed by atoms with Gasteiger partial charge in [-0.1, -0.05) is 26.0 Å². The predicted octanol–water partition coefficient (Wildman–Crippen LogP) is 3.14. The summed E-state index contributed by atoms with van der Waals surface area (Å²) in [7, 11) is 0. The summed E-state index contributed by atoms with van der Waals surface area (Å²) in [5, 5.41) is 4.52. The third kappa shape index (κ3) is 3.83. The summed E-state index contributed by atoms with van der Waals surface area (Å²) in [6, 6.07) is 8.21. The third-order valence-electron chi connectivity index (χ3n) is 4.23. The molecular weight excluding hydrogens is 321 g/mol. The molecule has 0 N–H and O–H groups in total. The van der Waals surface area contributed by atoms with Gasteiger partial charge in [0, 0.05) is 6.54 Å². The van der Waals surface area contributed by atoms with Gasteiger partial charge in [0.05, 0.1) is 18.8 Å². The first kappa shape index (κ1) is 17.5. The molecule has 25 heavy (non-hydrogen) atoms. The van der Waals surface area contributed by atoms with E-state index in [-0.39, 0.29) is 23.6 Å². The number of ether oxygens (including phenoxy) is 1. The molecule has 0 bridgehead atoms. The van der Waals surface area contributed by atoms with Crippen LogP contribution in [0, 0.1) is 11.7 Å². The fourth-order valence-corrected chi connectivity index (χ4v) is 2.96. The van der Waals surface area contributed by atoms with Crippen LogP contribution in [0.2, 0.25) is 0 Å². The normalized spacial score (nSPS) is 14.7. The standard InChI is InChI=1S/C19H24FN3O2/c1-4-23-17(10-14(21-23)9-13(2)3)19(24)22-11-15(12-22)25-18-8-6-5-7-16(18)20/h5-8,10,13,15H,4,9,11-12H2,1-3H3. The van der Waals surface area contributed by atoms with Crippen molar-refractivity contribution in [2.24, 2.45) is 5.92 Å². The minimum absolute atomic E-state index is 0.0438. The summed E-state index contributed by atoms with van der Waals surface area (Å²) in [5.74, 6) is 0.301. The topological polar surface area (TPSA) is 47.4 Å². The Labute approximate surface area is 147 Å². The van der Waals surface area contributed by atoms with E-state index >= 15 is 0 Å². The maximum absolute atomic E-state index is 13.6. The predicted molar refractivity (Wildman–Crippen MR) is 93.2 cm³/mol. The number of carbonyl (C=O) groups excluding carboxylic acids is 1. The highest BCUT2D eigenvalue weighted by Gasteiger charge is 2.34. The van der Waals surface area contributed by atoms with Gasteiger partial charge in [-0.2, -0.15) is 5.10 Å². The molecule has 1 saturated heterocycles. The average molecular weight is 345 g/mol. The van der Waals surface area contributed by atoms with E-state index in [1.165, 1.54) is 6.07 Å². The molecule has 0 unspecified atom stereocenters. The Morgan fingerprint density at radius 3 is 2.72 bits per heavy atom. The van der Waals surface area contributed by atoms with Crippen LogP contribution in [-0.4, -0.2) is 39.8 Å². The number of likely N-dealkylation sites (tertiary alicyclic amines) is 1. The van der Waals surface area contributed by atoms with Gasteiger partial charge in [-0.15, -0.1) is 0 Å². The molecule has 1 amide bonds. The molecule has 2 aromatic rings. The number of carbonyl (C=O) groups is 1. The van der Waals surface area contributed by atoms with Crippen LogP contribution in [-0.2, 0) is 13.0 Å². The molecule has 1 aliphatic rings. The number of hydrogen-bond acceptors (Lipinski definition) is 3. The Balaban J connectivity index is 1.62. The summed E-state index contributed by atoms with van der Waals surface area (Å²) < 4.78 is 21.0. The monoisotopic (exact) mass is 345 g/mol. The fourth-order valence-electron chi connectivity index (χ4n) is 2.96. The Kier molecular flexibility index (Phi) is 5.06. The number of nitrogens with zero attached hydrogens (tertiary/aromatic N) is 3. The number of aromatic nitrogens is 2. The number of rotatable bonds is 6. The lowest BCUT2D eigenvalue weighted by Gasteiger charge is -2.38. The van der Waals surface area contributed by atoms with E-state index in [2.05, 4.69) is 18.9 Å². The Morgan fingerprint density at radius 1 is 1.36 bits per heavy atom. The first-order chi connectivity index (χ1) is 12.0. The Morgan fingerprint density at radius 2 is 2.08 bits per heavy atom. The number of benzene rings is 1. The van der Waals surface area contributed by atoms with E-state index in [0.29, 0.717) is 31.2 Å². The molecule has 1 aromatic heterocycles. The highest BCUT2D eigenvalue weighted by molar-refractivity contribution is 5.93. The molecule has 1 fully saturated rings. The molecule has 0 saturated carbocycles. The summed E-state index contributed by atoms with van der Waals surface area (Å²) in [6.45, 7) is 7.81. The van der Waals surface area contributed by atoms with Gasteiger partial charge < -0.3 is 9.64 Å². The molecule has 5 nitrogen and oxygen atoms in total. The van der Waals surface area contributed by atoms with Gasteiger partial charge in [0.1, 0.15) is 11.8 Å². The lowest BCUT2D eigenvalue weighted by Crippen LogP contribution is -2.56. The van der Waals surface area contributed by atoms with Crippen LogP contribution in [0.3, 0.4) is 0 Å². The average Bonchev–Trinajstić information content (AvgIpc) is 2.93. The van der Waals surface area contributed by atoms with Crippen LogP contribution >= 0.6 is 0 Å². The molecular formula is C19H24FN3O2. The SMILES string of the molecule is CCn1nc(CC(C)C)cc1C(=O)N1CC(Oc2ccccc2F)C1. The zero-order valence-corrected chi connectivity index (χ0v) is 14.9. The maximum atomic E-state index is 13.6. The van der Waals surface area contributed by atoms with E-state index in [4.69, 9.17) is 4.74 Å². The summed E-state index contributed by atoms with van der Waals surface area (Å²) >= 11 is 0. The first-order valence-corrected chi connectivity index (χ1v) is 8.75. The summed E-state index contributed by atoms with van der Waals surface area (Å²) in [5.41, 5.74) is 1.56. The van der Waals surface area contributed by atoms with Crippen molar-refractivity contribution in [3.05, 3.63) is 47.5 Å². The van der Waals surface area contributed by atoms with E-state index in [9.17, 15) is 9.18 Å². The second-order valence-corrected chi connectivity index (χ2v) is 6.82. The smallest absolute Gasteiger partial charge is 0.272 e. The van der Waals surface area contributed by atoms with Crippen molar-refractivity contribution in [2.45, 2.75) is 39.8 Å². The maximum Gasteiger partial charge on any atom is 0.272 e. The van der Waals surface area contributed by atoms with Gasteiger partial charge in [0.25, 0.3) is 5.91 Å². The molecule has 1 aromatic carbocycles. The number of halogens is 1. The fraction of sp³-hybridized carbons (Fsp3) is 0.474. The van der Waals surface area contributed by atoms with E-state index < -0.39 is 0 Å². The molecule has 3 rings (SSSR count). The Hall–Kier alpha value is -2.37. The second-order valence-electron chi connectivity index (χ2n) is 6.82. The highest BCUT2D eigenvalue weighted by Crippen LogP contribution is 2.23. The van der Waals surface area contributed by atoms with Crippen molar-refractivity contribution in [3.63, 3.8) is 0 Å². The molecule has 1 aliphatic heterocycles. The quantitative estimate of drug-likeness (QED) is 0.808. The largest absolute Gasteiger partial charge is 0.484 e. The van der Waals surface area contributed by atoms with E-state index in [0.717, 1.165) is 12.1 Å². The van der Waals surface area contributed by atoms with Crippen LogP contribution < -0.4 is 4.74 Å². The molecule has 0 atom stereocenters. The van der Waals surface area contributed by atoms with E-state index in [1.807, 2.05) is 13.0 Å². The highest BCUT2D eigenvalue weighted by atomic mass is 19.1. The van der Waals surface area contributed by atoms with Crippen LogP contribution in [0.25, 0.3) is 0 Å². The number of hydrogen-bond donors (Lipinski definition) is 0. The minimum Gasteiger partial charge on any atom is -0.484 e.